The molecule has 1 unspecified atom stereocenters. The number of ether oxygens (including phenoxy) is 2. The van der Waals surface area contributed by atoms with Gasteiger partial charge in [0.05, 0.1) is 13.7 Å². The van der Waals surface area contributed by atoms with Crippen molar-refractivity contribution in [3.05, 3.63) is 35.7 Å². The van der Waals surface area contributed by atoms with E-state index in [1.165, 1.54) is 0 Å². The van der Waals surface area contributed by atoms with Gasteiger partial charge in [-0.2, -0.15) is 0 Å². The lowest BCUT2D eigenvalue weighted by molar-refractivity contribution is -0.124. The molecule has 2 rings (SSSR count). The van der Waals surface area contributed by atoms with Crippen LogP contribution in [0.3, 0.4) is 0 Å². The van der Waals surface area contributed by atoms with Crippen molar-refractivity contribution in [3.8, 4) is 5.75 Å². The van der Waals surface area contributed by atoms with Crippen molar-refractivity contribution in [3.63, 3.8) is 0 Å². The number of nitrogens with one attached hydrogen (secondary N) is 1. The number of nitrogens with zero attached hydrogens (tertiary/aromatic N) is 5. The number of hydrogen-bond donors (Lipinski definition) is 1. The van der Waals surface area contributed by atoms with Gasteiger partial charge in [0.2, 0.25) is 5.91 Å². The number of likely N-dealkylation sites (N-methyl/N-ethyl adjacent to an activating group) is 1. The number of benzene rings is 1. The van der Waals surface area contributed by atoms with E-state index in [4.69, 9.17) is 9.47 Å². The van der Waals surface area contributed by atoms with Gasteiger partial charge in [0.25, 0.3) is 0 Å². The summed E-state index contributed by atoms with van der Waals surface area (Å²) in [7, 11) is 5.35. The molecule has 0 fully saturated rings. The zero-order chi connectivity index (χ0) is 20.4. The van der Waals surface area contributed by atoms with Gasteiger partial charge in [-0.25, -0.2) is 4.68 Å². The fourth-order valence-corrected chi connectivity index (χ4v) is 2.88. The van der Waals surface area contributed by atoms with Gasteiger partial charge in [-0.15, -0.1) is 5.10 Å². The minimum absolute atomic E-state index is 0.0993. The Bertz CT molecular complexity index is 736. The predicted octanol–water partition coefficient (Wildman–Crippen LogP) is 0.858. The summed E-state index contributed by atoms with van der Waals surface area (Å²) < 4.78 is 11.9. The van der Waals surface area contributed by atoms with Gasteiger partial charge in [-0.3, -0.25) is 4.79 Å². The molecule has 2 aromatic rings. The molecule has 1 atom stereocenters. The van der Waals surface area contributed by atoms with Crippen molar-refractivity contribution in [1.82, 2.24) is 30.4 Å². The number of amides is 1. The minimum Gasteiger partial charge on any atom is -0.497 e. The Morgan fingerprint density at radius 3 is 2.82 bits per heavy atom. The van der Waals surface area contributed by atoms with Gasteiger partial charge in [-0.05, 0) is 55.1 Å². The third-order valence-corrected chi connectivity index (χ3v) is 4.51. The molecular weight excluding hydrogens is 360 g/mol. The van der Waals surface area contributed by atoms with Crippen LogP contribution in [0.4, 0.5) is 0 Å². The molecule has 1 N–H and O–H groups in total. The van der Waals surface area contributed by atoms with Crippen molar-refractivity contribution in [2.45, 2.75) is 25.8 Å². The summed E-state index contributed by atoms with van der Waals surface area (Å²) in [6.45, 7) is 4.83. The number of carbonyl (C=O) groups excluding carboxylic acids is 1. The Balaban J connectivity index is 1.97. The summed E-state index contributed by atoms with van der Waals surface area (Å²) >= 11 is 0. The molecule has 28 heavy (non-hydrogen) atoms. The monoisotopic (exact) mass is 390 g/mol. The molecule has 1 aromatic heterocycles. The molecule has 1 heterocycles. The average molecular weight is 390 g/mol. The summed E-state index contributed by atoms with van der Waals surface area (Å²) in [5.41, 5.74) is 0.980. The Morgan fingerprint density at radius 2 is 2.14 bits per heavy atom. The van der Waals surface area contributed by atoms with Crippen LogP contribution >= 0.6 is 0 Å². The molecule has 1 amide bonds. The quantitative estimate of drug-likeness (QED) is 0.537. The summed E-state index contributed by atoms with van der Waals surface area (Å²) in [6.07, 6.45) is 1.33. The molecule has 9 heteroatoms. The van der Waals surface area contributed by atoms with E-state index in [9.17, 15) is 4.79 Å². The van der Waals surface area contributed by atoms with Gasteiger partial charge in [0, 0.05) is 26.6 Å². The number of aryl methyl sites for hydroxylation is 1. The van der Waals surface area contributed by atoms with Gasteiger partial charge in [-0.1, -0.05) is 12.1 Å². The highest BCUT2D eigenvalue weighted by Gasteiger charge is 2.24. The van der Waals surface area contributed by atoms with Gasteiger partial charge >= 0.3 is 0 Å². The zero-order valence-electron chi connectivity index (χ0n) is 17.1. The molecule has 0 bridgehead atoms. The summed E-state index contributed by atoms with van der Waals surface area (Å²) in [5, 5.41) is 14.6. The molecule has 0 saturated carbocycles. The first-order valence-electron chi connectivity index (χ1n) is 9.37. The number of rotatable bonds is 12. The first-order valence-corrected chi connectivity index (χ1v) is 9.37. The van der Waals surface area contributed by atoms with E-state index in [-0.39, 0.29) is 5.91 Å². The second-order valence-electron chi connectivity index (χ2n) is 6.68. The SMILES string of the molecule is COCCN(C)CCCNC(=O)C(Cc1cccc(OC)c1)n1nnnc1C. The number of tetrazole rings is 1. The van der Waals surface area contributed by atoms with E-state index in [2.05, 4.69) is 25.7 Å². The molecule has 0 saturated heterocycles. The molecule has 0 aliphatic heterocycles. The van der Waals surface area contributed by atoms with E-state index in [1.807, 2.05) is 31.3 Å². The Morgan fingerprint density at radius 1 is 1.32 bits per heavy atom. The summed E-state index contributed by atoms with van der Waals surface area (Å²) in [6, 6.07) is 7.15. The van der Waals surface area contributed by atoms with E-state index in [1.54, 1.807) is 25.8 Å². The fraction of sp³-hybridized carbons (Fsp3) is 0.579. The maximum atomic E-state index is 12.9. The highest BCUT2D eigenvalue weighted by atomic mass is 16.5. The van der Waals surface area contributed by atoms with Crippen LogP contribution in [0.1, 0.15) is 23.9 Å². The van der Waals surface area contributed by atoms with Crippen molar-refractivity contribution < 1.29 is 14.3 Å². The summed E-state index contributed by atoms with van der Waals surface area (Å²) in [5.74, 6) is 1.25. The molecule has 1 aromatic carbocycles. The van der Waals surface area contributed by atoms with E-state index in [0.29, 0.717) is 25.4 Å². The Kier molecular flexibility index (Phi) is 8.83. The van der Waals surface area contributed by atoms with Crippen LogP contribution in [0.5, 0.6) is 5.75 Å². The highest BCUT2D eigenvalue weighted by Crippen LogP contribution is 2.19. The highest BCUT2D eigenvalue weighted by molar-refractivity contribution is 5.80. The van der Waals surface area contributed by atoms with Gasteiger partial charge in [0.1, 0.15) is 17.6 Å². The lowest BCUT2D eigenvalue weighted by Crippen LogP contribution is -2.36. The topological polar surface area (TPSA) is 94.4 Å². The first-order chi connectivity index (χ1) is 13.5. The molecule has 9 nitrogen and oxygen atoms in total. The maximum absolute atomic E-state index is 12.9. The van der Waals surface area contributed by atoms with E-state index >= 15 is 0 Å². The molecule has 0 radical (unpaired) electrons. The van der Waals surface area contributed by atoms with Crippen LogP contribution in [-0.2, 0) is 16.0 Å². The lowest BCUT2D eigenvalue weighted by atomic mass is 10.0. The third kappa shape index (κ3) is 6.58. The van der Waals surface area contributed by atoms with Crippen molar-refractivity contribution >= 4 is 5.91 Å². The van der Waals surface area contributed by atoms with Crippen LogP contribution < -0.4 is 10.1 Å². The second kappa shape index (κ2) is 11.4. The Hall–Kier alpha value is -2.52. The largest absolute Gasteiger partial charge is 0.497 e. The predicted molar refractivity (Wildman–Crippen MR) is 105 cm³/mol. The minimum atomic E-state index is -0.520. The molecule has 154 valence electrons. The number of hydrogen-bond acceptors (Lipinski definition) is 7. The molecule has 0 spiro atoms. The zero-order valence-corrected chi connectivity index (χ0v) is 17.1. The second-order valence-corrected chi connectivity index (χ2v) is 6.68. The summed E-state index contributed by atoms with van der Waals surface area (Å²) in [4.78, 5) is 15.1. The van der Waals surface area contributed by atoms with Crippen molar-refractivity contribution in [2.24, 2.45) is 0 Å². The smallest absolute Gasteiger partial charge is 0.245 e. The van der Waals surface area contributed by atoms with Crippen LogP contribution in [-0.4, -0.2) is 78.5 Å². The molecule has 0 aliphatic carbocycles. The number of carbonyl (C=O) groups is 1. The number of aromatic nitrogens is 4. The lowest BCUT2D eigenvalue weighted by Gasteiger charge is -2.19. The first kappa shape index (κ1) is 21.8. The molecular formula is C19H30N6O3. The maximum Gasteiger partial charge on any atom is 0.245 e. The molecule has 0 aliphatic rings. The van der Waals surface area contributed by atoms with E-state index < -0.39 is 6.04 Å². The fourth-order valence-electron chi connectivity index (χ4n) is 2.88. The Labute approximate surface area is 166 Å². The van der Waals surface area contributed by atoms with E-state index in [0.717, 1.165) is 30.8 Å². The third-order valence-electron chi connectivity index (χ3n) is 4.51. The van der Waals surface area contributed by atoms with Crippen LogP contribution in [0.15, 0.2) is 24.3 Å². The van der Waals surface area contributed by atoms with Crippen LogP contribution in [0, 0.1) is 6.92 Å². The number of methoxy groups -OCH3 is 2. The van der Waals surface area contributed by atoms with Crippen LogP contribution in [0.2, 0.25) is 0 Å². The van der Waals surface area contributed by atoms with Crippen LogP contribution in [0.25, 0.3) is 0 Å². The van der Waals surface area contributed by atoms with Crippen molar-refractivity contribution in [2.75, 3.05) is 47.5 Å². The normalized spacial score (nSPS) is 12.2. The standard InChI is InChI=1S/C19H30N6O3/c1-15-21-22-23-25(15)18(14-16-7-5-8-17(13-16)28-4)19(26)20-9-6-10-24(2)11-12-27-3/h5,7-8,13,18H,6,9-12,14H2,1-4H3,(H,20,26). The van der Waals surface area contributed by atoms with Crippen molar-refractivity contribution in [1.29, 1.82) is 0 Å². The van der Waals surface area contributed by atoms with Gasteiger partial charge in [0.15, 0.2) is 0 Å². The average Bonchev–Trinajstić information content (AvgIpc) is 3.13. The van der Waals surface area contributed by atoms with Gasteiger partial charge < -0.3 is 19.7 Å².